The van der Waals surface area contributed by atoms with Crippen LogP contribution in [0.2, 0.25) is 6.82 Å². The summed E-state index contributed by atoms with van der Waals surface area (Å²) in [5, 5.41) is 12.6. The number of guanidine groups is 1. The number of ketones is 1. The maximum Gasteiger partial charge on any atom is 0.411 e. The number of Topliss-reactive ketones (excluding diaryl/α,β-unsaturated/α-hetero) is 1. The average Bonchev–Trinajstić information content (AvgIpc) is 2.70. The normalized spacial score (nSPS) is 14.8. The fourth-order valence-electron chi connectivity index (χ4n) is 3.66. The molecular weight excluding hydrogens is 381 g/mol. The highest BCUT2D eigenvalue weighted by atomic mass is 16.2. The zero-order chi connectivity index (χ0) is 21.9. The number of hydrogen-bond acceptors (Lipinski definition) is 7. The van der Waals surface area contributed by atoms with Crippen molar-refractivity contribution in [2.75, 3.05) is 13.1 Å². The van der Waals surface area contributed by atoms with E-state index in [2.05, 4.69) is 20.3 Å². The number of rotatable bonds is 11. The van der Waals surface area contributed by atoms with E-state index in [4.69, 9.17) is 0 Å². The number of carbonyl (C=O) groups is 2. The molecule has 1 aromatic rings. The van der Waals surface area contributed by atoms with Crippen LogP contribution in [-0.2, 0) is 9.59 Å². The lowest BCUT2D eigenvalue weighted by molar-refractivity contribution is -0.120. The molecule has 1 aromatic heterocycles. The number of nitrogens with zero attached hydrogens (tertiary/aromatic N) is 4. The molecule has 0 spiro atoms. The lowest BCUT2D eigenvalue weighted by atomic mass is 9.84. The number of amides is 1. The summed E-state index contributed by atoms with van der Waals surface area (Å²) in [6, 6.07) is 0. The molecule has 0 aliphatic carbocycles. The monoisotopic (exact) mass is 415 g/mol. The van der Waals surface area contributed by atoms with E-state index >= 15 is 0 Å². The second kappa shape index (κ2) is 12.4. The Morgan fingerprint density at radius 1 is 1.23 bits per heavy atom. The van der Waals surface area contributed by atoms with Gasteiger partial charge in [0, 0.05) is 38.3 Å². The van der Waals surface area contributed by atoms with Crippen molar-refractivity contribution in [3.8, 4) is 0 Å². The molecule has 1 atom stereocenters. The molecule has 30 heavy (non-hydrogen) atoms. The van der Waals surface area contributed by atoms with Crippen LogP contribution in [0.15, 0.2) is 17.4 Å². The minimum absolute atomic E-state index is 0.0624. The Bertz CT molecular complexity index is 724. The lowest BCUT2D eigenvalue weighted by Gasteiger charge is -2.30. The SMILES string of the molecule is CB(O)N1CCCN=C1NC(=O)CCCCCCC(CC(C)=O)c1cnc(C)nc1. The predicted octanol–water partition coefficient (Wildman–Crippen LogP) is 2.48. The molecule has 2 heterocycles. The lowest BCUT2D eigenvalue weighted by Crippen LogP contribution is -2.52. The van der Waals surface area contributed by atoms with Crippen molar-refractivity contribution >= 4 is 24.7 Å². The van der Waals surface area contributed by atoms with Crippen molar-refractivity contribution in [1.82, 2.24) is 20.1 Å². The fourth-order valence-corrected chi connectivity index (χ4v) is 3.66. The molecule has 0 aromatic carbocycles. The van der Waals surface area contributed by atoms with Crippen LogP contribution in [0.1, 0.15) is 75.6 Å². The second-order valence-corrected chi connectivity index (χ2v) is 8.05. The van der Waals surface area contributed by atoms with E-state index in [9.17, 15) is 14.6 Å². The first kappa shape index (κ1) is 24.0. The first-order chi connectivity index (χ1) is 14.4. The summed E-state index contributed by atoms with van der Waals surface area (Å²) < 4.78 is 0. The molecule has 164 valence electrons. The summed E-state index contributed by atoms with van der Waals surface area (Å²) in [6.07, 6.45) is 10.2. The third-order valence-corrected chi connectivity index (χ3v) is 5.31. The summed E-state index contributed by atoms with van der Waals surface area (Å²) in [5.41, 5.74) is 1.02. The molecule has 1 aliphatic rings. The highest BCUT2D eigenvalue weighted by Gasteiger charge is 2.24. The molecule has 0 radical (unpaired) electrons. The number of aryl methyl sites for hydroxylation is 1. The van der Waals surface area contributed by atoms with Crippen molar-refractivity contribution < 1.29 is 14.6 Å². The van der Waals surface area contributed by atoms with Gasteiger partial charge in [-0.1, -0.05) is 19.3 Å². The van der Waals surface area contributed by atoms with Gasteiger partial charge in [-0.2, -0.15) is 0 Å². The Morgan fingerprint density at radius 3 is 2.60 bits per heavy atom. The number of carbonyl (C=O) groups excluding carboxylic acids is 2. The Labute approximate surface area is 179 Å². The fraction of sp³-hybridized carbons (Fsp3) is 0.667. The zero-order valence-corrected chi connectivity index (χ0v) is 18.4. The Kier molecular flexibility index (Phi) is 9.93. The van der Waals surface area contributed by atoms with E-state index in [-0.39, 0.29) is 17.6 Å². The van der Waals surface area contributed by atoms with Gasteiger partial charge >= 0.3 is 7.05 Å². The highest BCUT2D eigenvalue weighted by molar-refractivity contribution is 6.49. The third kappa shape index (κ3) is 8.22. The van der Waals surface area contributed by atoms with E-state index in [1.807, 2.05) is 19.3 Å². The van der Waals surface area contributed by atoms with Crippen LogP contribution in [0.4, 0.5) is 0 Å². The molecule has 1 aliphatic heterocycles. The van der Waals surface area contributed by atoms with Crippen molar-refractivity contribution in [3.05, 3.63) is 23.8 Å². The van der Waals surface area contributed by atoms with Gasteiger partial charge in [0.2, 0.25) is 5.91 Å². The van der Waals surface area contributed by atoms with Crippen LogP contribution in [0, 0.1) is 6.92 Å². The van der Waals surface area contributed by atoms with Gasteiger partial charge in [0.05, 0.1) is 0 Å². The molecule has 1 amide bonds. The first-order valence-electron chi connectivity index (χ1n) is 10.9. The van der Waals surface area contributed by atoms with Gasteiger partial charge in [0.15, 0.2) is 5.96 Å². The maximum atomic E-state index is 12.2. The van der Waals surface area contributed by atoms with Crippen LogP contribution in [0.5, 0.6) is 0 Å². The Balaban J connectivity index is 1.68. The average molecular weight is 415 g/mol. The van der Waals surface area contributed by atoms with Crippen LogP contribution < -0.4 is 5.32 Å². The van der Waals surface area contributed by atoms with Crippen LogP contribution in [0.3, 0.4) is 0 Å². The van der Waals surface area contributed by atoms with Crippen molar-refractivity contribution in [1.29, 1.82) is 0 Å². The van der Waals surface area contributed by atoms with Crippen LogP contribution in [-0.4, -0.2) is 57.6 Å². The maximum absolute atomic E-state index is 12.2. The summed E-state index contributed by atoms with van der Waals surface area (Å²) in [7, 11) is -0.661. The number of hydrogen-bond donors (Lipinski definition) is 2. The van der Waals surface area contributed by atoms with Gasteiger partial charge in [-0.3, -0.25) is 15.1 Å². The van der Waals surface area contributed by atoms with Gasteiger partial charge in [-0.15, -0.1) is 0 Å². The molecule has 1 unspecified atom stereocenters. The third-order valence-electron chi connectivity index (χ3n) is 5.31. The topological polar surface area (TPSA) is 108 Å². The molecule has 0 bridgehead atoms. The minimum Gasteiger partial charge on any atom is -0.432 e. The second-order valence-electron chi connectivity index (χ2n) is 8.05. The van der Waals surface area contributed by atoms with Crippen LogP contribution in [0.25, 0.3) is 0 Å². The standard InChI is InChI=1S/C21H34BN5O3/c1-16(28)13-18(19-14-24-17(2)25-15-19)9-6-4-5-7-10-20(29)26-21-23-11-8-12-27(21)22(3)30/h14-15,18,30H,4-13H2,1-3H3,(H,23,26,29). The van der Waals surface area contributed by atoms with E-state index in [0.717, 1.165) is 49.9 Å². The molecule has 8 nitrogen and oxygen atoms in total. The van der Waals surface area contributed by atoms with Crippen molar-refractivity contribution in [3.63, 3.8) is 0 Å². The predicted molar refractivity (Wildman–Crippen MR) is 118 cm³/mol. The van der Waals surface area contributed by atoms with Crippen molar-refractivity contribution in [2.45, 2.75) is 78.0 Å². The number of aromatic nitrogens is 2. The van der Waals surface area contributed by atoms with Gasteiger partial charge in [-0.25, -0.2) is 9.97 Å². The Hall–Kier alpha value is -2.29. The van der Waals surface area contributed by atoms with E-state index < -0.39 is 7.05 Å². The van der Waals surface area contributed by atoms with Gasteiger partial charge in [-0.05, 0) is 51.4 Å². The number of unbranched alkanes of at least 4 members (excludes halogenated alkanes) is 3. The minimum atomic E-state index is -0.661. The summed E-state index contributed by atoms with van der Waals surface area (Å²) in [5.74, 6) is 1.48. The van der Waals surface area contributed by atoms with Gasteiger partial charge in [0.1, 0.15) is 11.6 Å². The van der Waals surface area contributed by atoms with Gasteiger partial charge in [0.25, 0.3) is 0 Å². The summed E-state index contributed by atoms with van der Waals surface area (Å²) in [4.78, 5) is 38.4. The van der Waals surface area contributed by atoms with E-state index in [0.29, 0.717) is 31.9 Å². The molecule has 9 heteroatoms. The smallest absolute Gasteiger partial charge is 0.411 e. The first-order valence-corrected chi connectivity index (χ1v) is 10.9. The molecule has 0 saturated carbocycles. The van der Waals surface area contributed by atoms with Gasteiger partial charge < -0.3 is 14.6 Å². The summed E-state index contributed by atoms with van der Waals surface area (Å²) in [6.45, 7) is 6.52. The number of nitrogens with one attached hydrogen (secondary N) is 1. The Morgan fingerprint density at radius 2 is 1.93 bits per heavy atom. The number of aliphatic imine (C=N–C) groups is 1. The zero-order valence-electron chi connectivity index (χ0n) is 18.4. The van der Waals surface area contributed by atoms with Crippen molar-refractivity contribution in [2.24, 2.45) is 4.99 Å². The largest absolute Gasteiger partial charge is 0.432 e. The molecule has 0 fully saturated rings. The molecule has 0 saturated heterocycles. The quantitative estimate of drug-likeness (QED) is 0.425. The molecule has 2 rings (SSSR count). The van der Waals surface area contributed by atoms with E-state index in [1.54, 1.807) is 18.6 Å². The highest BCUT2D eigenvalue weighted by Crippen LogP contribution is 2.25. The van der Waals surface area contributed by atoms with Crippen LogP contribution >= 0.6 is 0 Å². The molecule has 2 N–H and O–H groups in total. The molecular formula is C21H34BN5O3. The van der Waals surface area contributed by atoms with E-state index in [1.165, 1.54) is 0 Å². The summed E-state index contributed by atoms with van der Waals surface area (Å²) >= 11 is 0.